The molecule has 9 heteroatoms. The van der Waals surface area contributed by atoms with Crippen molar-refractivity contribution in [2.75, 3.05) is 7.11 Å². The molecule has 0 aliphatic rings. The molecule has 0 bridgehead atoms. The first-order chi connectivity index (χ1) is 11.4. The smallest absolute Gasteiger partial charge is 0.339 e. The zero-order chi connectivity index (χ0) is 17.7. The Morgan fingerprint density at radius 1 is 1.29 bits per heavy atom. The summed E-state index contributed by atoms with van der Waals surface area (Å²) in [6.07, 6.45) is 0.590. The number of nitrogens with one attached hydrogen (secondary N) is 1. The van der Waals surface area contributed by atoms with E-state index in [9.17, 15) is 18.0 Å². The summed E-state index contributed by atoms with van der Waals surface area (Å²) in [7, 11) is -3.04. The van der Waals surface area contributed by atoms with Crippen LogP contribution in [0, 0.1) is 0 Å². The standard InChI is InChI=1S/C15H16N2O5S2/c1-3-14-16-10(9-23-14)8-13(18)17-24(20,21)12-7-5-4-6-11(12)15(19)22-2/h4-7,9H,3,8H2,1-2H3,(H,17,18). The fourth-order valence-corrected chi connectivity index (χ4v) is 3.90. The third kappa shape index (κ3) is 4.18. The molecule has 1 amide bonds. The molecule has 1 heterocycles. The number of thiazole rings is 1. The maximum absolute atomic E-state index is 12.4. The third-order valence-corrected chi connectivity index (χ3v) is 5.55. The fraction of sp³-hybridized carbons (Fsp3) is 0.267. The van der Waals surface area contributed by atoms with Crippen molar-refractivity contribution in [3.05, 3.63) is 45.9 Å². The Hall–Kier alpha value is -2.26. The molecule has 0 aliphatic heterocycles. The first-order valence-corrected chi connectivity index (χ1v) is 9.40. The van der Waals surface area contributed by atoms with E-state index in [0.29, 0.717) is 5.69 Å². The Kier molecular flexibility index (Phi) is 5.68. The number of carbonyl (C=O) groups is 2. The van der Waals surface area contributed by atoms with E-state index < -0.39 is 21.9 Å². The SMILES string of the molecule is CCc1nc(CC(=O)NS(=O)(=O)c2ccccc2C(=O)OC)cs1. The summed E-state index contributed by atoms with van der Waals surface area (Å²) in [5, 5.41) is 2.59. The number of benzene rings is 1. The zero-order valence-corrected chi connectivity index (χ0v) is 14.7. The number of hydrogen-bond acceptors (Lipinski definition) is 7. The van der Waals surface area contributed by atoms with Gasteiger partial charge in [0.15, 0.2) is 0 Å². The molecule has 0 unspecified atom stereocenters. The lowest BCUT2D eigenvalue weighted by Crippen LogP contribution is -2.33. The van der Waals surface area contributed by atoms with E-state index in [1.165, 1.54) is 35.6 Å². The van der Waals surface area contributed by atoms with Crippen molar-refractivity contribution >= 4 is 33.2 Å². The molecule has 0 aliphatic carbocycles. The molecule has 1 aromatic heterocycles. The molecule has 0 spiro atoms. The molecular weight excluding hydrogens is 352 g/mol. The molecule has 0 atom stereocenters. The quantitative estimate of drug-likeness (QED) is 0.776. The highest BCUT2D eigenvalue weighted by atomic mass is 32.2. The largest absolute Gasteiger partial charge is 0.465 e. The Morgan fingerprint density at radius 3 is 2.62 bits per heavy atom. The van der Waals surface area contributed by atoms with Gasteiger partial charge < -0.3 is 4.74 Å². The van der Waals surface area contributed by atoms with E-state index in [4.69, 9.17) is 0 Å². The van der Waals surface area contributed by atoms with E-state index in [-0.39, 0.29) is 16.9 Å². The lowest BCUT2D eigenvalue weighted by Gasteiger charge is -2.09. The number of aromatic nitrogens is 1. The van der Waals surface area contributed by atoms with Crippen molar-refractivity contribution in [2.45, 2.75) is 24.7 Å². The summed E-state index contributed by atoms with van der Waals surface area (Å²) in [5.74, 6) is -1.52. The van der Waals surface area contributed by atoms with Crippen LogP contribution in [0.2, 0.25) is 0 Å². The summed E-state index contributed by atoms with van der Waals surface area (Å²) in [4.78, 5) is 27.6. The minimum atomic E-state index is -4.19. The molecule has 0 fully saturated rings. The second kappa shape index (κ2) is 7.54. The fourth-order valence-electron chi connectivity index (χ4n) is 1.98. The number of esters is 1. The maximum Gasteiger partial charge on any atom is 0.339 e. The summed E-state index contributed by atoms with van der Waals surface area (Å²) in [6.45, 7) is 1.94. The Morgan fingerprint density at radius 2 is 2.00 bits per heavy atom. The van der Waals surface area contributed by atoms with Crippen molar-refractivity contribution < 1.29 is 22.7 Å². The van der Waals surface area contributed by atoms with Crippen molar-refractivity contribution in [1.82, 2.24) is 9.71 Å². The number of nitrogens with zero attached hydrogens (tertiary/aromatic N) is 1. The summed E-state index contributed by atoms with van der Waals surface area (Å²) >= 11 is 1.41. The van der Waals surface area contributed by atoms with Crippen LogP contribution in [-0.4, -0.2) is 32.4 Å². The third-order valence-electron chi connectivity index (χ3n) is 3.07. The Bertz CT molecular complexity index is 858. The van der Waals surface area contributed by atoms with Crippen molar-refractivity contribution in [3.8, 4) is 0 Å². The van der Waals surface area contributed by atoms with E-state index in [1.807, 2.05) is 11.6 Å². The average molecular weight is 368 g/mol. The normalized spacial score (nSPS) is 11.1. The molecule has 2 aromatic rings. The molecule has 7 nitrogen and oxygen atoms in total. The molecule has 1 aromatic carbocycles. The van der Waals surface area contributed by atoms with E-state index in [2.05, 4.69) is 9.72 Å². The first-order valence-electron chi connectivity index (χ1n) is 7.03. The number of ether oxygens (including phenoxy) is 1. The predicted molar refractivity (Wildman–Crippen MR) is 88.3 cm³/mol. The molecule has 24 heavy (non-hydrogen) atoms. The monoisotopic (exact) mass is 368 g/mol. The van der Waals surface area contributed by atoms with Gasteiger partial charge in [-0.3, -0.25) is 4.79 Å². The van der Waals surface area contributed by atoms with Crippen LogP contribution < -0.4 is 4.72 Å². The molecule has 128 valence electrons. The van der Waals surface area contributed by atoms with Crippen molar-refractivity contribution in [3.63, 3.8) is 0 Å². The second-order valence-corrected chi connectivity index (χ2v) is 7.37. The lowest BCUT2D eigenvalue weighted by molar-refractivity contribution is -0.118. The first kappa shape index (κ1) is 18.1. The number of amides is 1. The van der Waals surface area contributed by atoms with Gasteiger partial charge in [0.1, 0.15) is 4.90 Å². The van der Waals surface area contributed by atoms with Gasteiger partial charge in [0.05, 0.1) is 29.8 Å². The summed E-state index contributed by atoms with van der Waals surface area (Å²) in [5.41, 5.74) is 0.369. The Balaban J connectivity index is 2.19. The van der Waals surface area contributed by atoms with E-state index in [1.54, 1.807) is 5.38 Å². The second-order valence-electron chi connectivity index (χ2n) is 4.78. The van der Waals surface area contributed by atoms with Crippen LogP contribution in [-0.2, 0) is 32.4 Å². The number of sulfonamides is 1. The van der Waals surface area contributed by atoms with Crippen molar-refractivity contribution in [2.24, 2.45) is 0 Å². The van der Waals surface area contributed by atoms with Gasteiger partial charge in [-0.1, -0.05) is 19.1 Å². The van der Waals surface area contributed by atoms with Gasteiger partial charge in [-0.25, -0.2) is 22.9 Å². The van der Waals surface area contributed by atoms with Crippen LogP contribution in [0.4, 0.5) is 0 Å². The number of hydrogen-bond donors (Lipinski definition) is 1. The van der Waals surface area contributed by atoms with Crippen LogP contribution in [0.1, 0.15) is 28.0 Å². The highest BCUT2D eigenvalue weighted by Crippen LogP contribution is 2.17. The molecule has 0 saturated heterocycles. The van der Waals surface area contributed by atoms with Gasteiger partial charge in [-0.2, -0.15) is 0 Å². The molecule has 2 rings (SSSR count). The van der Waals surface area contributed by atoms with Crippen LogP contribution >= 0.6 is 11.3 Å². The molecular formula is C15H16N2O5S2. The van der Waals surface area contributed by atoms with Crippen LogP contribution in [0.5, 0.6) is 0 Å². The summed E-state index contributed by atoms with van der Waals surface area (Å²) < 4.78 is 31.3. The van der Waals surface area contributed by atoms with Gasteiger partial charge in [0.2, 0.25) is 5.91 Å². The molecule has 0 saturated carbocycles. The van der Waals surface area contributed by atoms with Gasteiger partial charge in [0.25, 0.3) is 10.0 Å². The molecule has 0 radical (unpaired) electrons. The average Bonchev–Trinajstić information content (AvgIpc) is 3.01. The van der Waals surface area contributed by atoms with Gasteiger partial charge >= 0.3 is 5.97 Å². The number of carbonyl (C=O) groups excluding carboxylic acids is 2. The highest BCUT2D eigenvalue weighted by molar-refractivity contribution is 7.90. The minimum Gasteiger partial charge on any atom is -0.465 e. The van der Waals surface area contributed by atoms with Crippen LogP contribution in [0.25, 0.3) is 0 Å². The lowest BCUT2D eigenvalue weighted by atomic mass is 10.2. The van der Waals surface area contributed by atoms with Crippen LogP contribution in [0.15, 0.2) is 34.5 Å². The van der Waals surface area contributed by atoms with Gasteiger partial charge in [-0.05, 0) is 18.6 Å². The predicted octanol–water partition coefficient (Wildman–Crippen LogP) is 1.54. The summed E-state index contributed by atoms with van der Waals surface area (Å²) in [6, 6.07) is 5.52. The topological polar surface area (TPSA) is 102 Å². The van der Waals surface area contributed by atoms with Crippen molar-refractivity contribution in [1.29, 1.82) is 0 Å². The maximum atomic E-state index is 12.4. The minimum absolute atomic E-state index is 0.137. The highest BCUT2D eigenvalue weighted by Gasteiger charge is 2.24. The van der Waals surface area contributed by atoms with Gasteiger partial charge in [-0.15, -0.1) is 11.3 Å². The Labute approximate surface area is 143 Å². The number of methoxy groups -OCH3 is 1. The van der Waals surface area contributed by atoms with Crippen LogP contribution in [0.3, 0.4) is 0 Å². The zero-order valence-electron chi connectivity index (χ0n) is 13.1. The van der Waals surface area contributed by atoms with Gasteiger partial charge in [0, 0.05) is 5.38 Å². The number of rotatable bonds is 6. The number of aryl methyl sites for hydroxylation is 1. The van der Waals surface area contributed by atoms with E-state index in [0.717, 1.165) is 18.5 Å². The van der Waals surface area contributed by atoms with E-state index >= 15 is 0 Å². The molecule has 1 N–H and O–H groups in total.